The van der Waals surface area contributed by atoms with Crippen molar-refractivity contribution in [2.75, 3.05) is 18.0 Å². The summed E-state index contributed by atoms with van der Waals surface area (Å²) in [5.74, 6) is 2.11. The topological polar surface area (TPSA) is 55.0 Å². The maximum Gasteiger partial charge on any atom is 0.134 e. The van der Waals surface area contributed by atoms with Crippen molar-refractivity contribution in [3.05, 3.63) is 42.0 Å². The quantitative estimate of drug-likeness (QED) is 0.946. The molecule has 1 aliphatic carbocycles. The fraction of sp³-hybridized carbons (Fsp3) is 0.412. The van der Waals surface area contributed by atoms with E-state index in [4.69, 9.17) is 15.7 Å². The van der Waals surface area contributed by atoms with Crippen LogP contribution in [0.5, 0.6) is 0 Å². The highest BCUT2D eigenvalue weighted by Gasteiger charge is 2.29. The smallest absolute Gasteiger partial charge is 0.134 e. The van der Waals surface area contributed by atoms with E-state index < -0.39 is 0 Å². The highest BCUT2D eigenvalue weighted by Crippen LogP contribution is 2.39. The standard InChI is InChI=1S/C17H19FN4/c18-13-5-3-11(4-6-13)15-9-16(22-8-7-14(19)10-22)21-17(20-15)12-1-2-12/h3-6,9,12,14H,1-2,7-8,10,19H2/t14-/m0/s1. The average molecular weight is 298 g/mol. The van der Waals surface area contributed by atoms with Gasteiger partial charge in [0, 0.05) is 36.7 Å². The van der Waals surface area contributed by atoms with Gasteiger partial charge < -0.3 is 10.6 Å². The van der Waals surface area contributed by atoms with Crippen LogP contribution in [0.3, 0.4) is 0 Å². The first-order valence-electron chi connectivity index (χ1n) is 7.84. The zero-order valence-corrected chi connectivity index (χ0v) is 12.4. The molecule has 1 atom stereocenters. The molecule has 4 rings (SSSR count). The van der Waals surface area contributed by atoms with Crippen LogP contribution in [0.2, 0.25) is 0 Å². The van der Waals surface area contributed by atoms with Crippen LogP contribution in [0.15, 0.2) is 30.3 Å². The number of anilines is 1. The first-order valence-corrected chi connectivity index (χ1v) is 7.84. The Labute approximate surface area is 129 Å². The van der Waals surface area contributed by atoms with Gasteiger partial charge >= 0.3 is 0 Å². The van der Waals surface area contributed by atoms with E-state index in [9.17, 15) is 4.39 Å². The molecule has 4 nitrogen and oxygen atoms in total. The molecule has 0 bridgehead atoms. The lowest BCUT2D eigenvalue weighted by Gasteiger charge is -2.18. The third-order valence-corrected chi connectivity index (χ3v) is 4.36. The van der Waals surface area contributed by atoms with Crippen LogP contribution in [0, 0.1) is 5.82 Å². The molecule has 1 saturated carbocycles. The van der Waals surface area contributed by atoms with E-state index in [1.54, 1.807) is 12.1 Å². The molecule has 0 spiro atoms. The normalized spacial score (nSPS) is 21.4. The summed E-state index contributed by atoms with van der Waals surface area (Å²) in [7, 11) is 0. The molecule has 2 heterocycles. The Morgan fingerprint density at radius 1 is 1.09 bits per heavy atom. The van der Waals surface area contributed by atoms with Gasteiger partial charge in [-0.3, -0.25) is 0 Å². The molecule has 2 aliphatic rings. The maximum absolute atomic E-state index is 13.1. The first kappa shape index (κ1) is 13.6. The van der Waals surface area contributed by atoms with Gasteiger partial charge in [-0.1, -0.05) is 0 Å². The Bertz CT molecular complexity index is 682. The molecular weight excluding hydrogens is 279 g/mol. The maximum atomic E-state index is 13.1. The number of aromatic nitrogens is 2. The lowest BCUT2D eigenvalue weighted by Crippen LogP contribution is -2.27. The van der Waals surface area contributed by atoms with Crippen molar-refractivity contribution >= 4 is 5.82 Å². The van der Waals surface area contributed by atoms with Gasteiger partial charge in [0.2, 0.25) is 0 Å². The first-order chi connectivity index (χ1) is 10.7. The average Bonchev–Trinajstić information content (AvgIpc) is 3.29. The highest BCUT2D eigenvalue weighted by molar-refractivity contribution is 5.63. The molecule has 0 radical (unpaired) electrons. The molecule has 2 aromatic rings. The fourth-order valence-electron chi connectivity index (χ4n) is 2.90. The summed E-state index contributed by atoms with van der Waals surface area (Å²) in [6.45, 7) is 1.77. The summed E-state index contributed by atoms with van der Waals surface area (Å²) >= 11 is 0. The third-order valence-electron chi connectivity index (χ3n) is 4.36. The number of hydrogen-bond acceptors (Lipinski definition) is 4. The van der Waals surface area contributed by atoms with Crippen LogP contribution in [0.1, 0.15) is 31.0 Å². The van der Waals surface area contributed by atoms with Gasteiger partial charge in [-0.05, 0) is 43.5 Å². The van der Waals surface area contributed by atoms with E-state index in [0.717, 1.165) is 55.3 Å². The van der Waals surface area contributed by atoms with Crippen LogP contribution in [-0.4, -0.2) is 29.1 Å². The lowest BCUT2D eigenvalue weighted by atomic mass is 10.1. The number of hydrogen-bond donors (Lipinski definition) is 1. The Morgan fingerprint density at radius 2 is 1.86 bits per heavy atom. The van der Waals surface area contributed by atoms with Crippen molar-refractivity contribution in [3.8, 4) is 11.3 Å². The molecule has 22 heavy (non-hydrogen) atoms. The van der Waals surface area contributed by atoms with Crippen LogP contribution in [0.4, 0.5) is 10.2 Å². The van der Waals surface area contributed by atoms with Gasteiger partial charge in [0.25, 0.3) is 0 Å². The van der Waals surface area contributed by atoms with Crippen LogP contribution < -0.4 is 10.6 Å². The van der Waals surface area contributed by atoms with Crippen LogP contribution in [0.25, 0.3) is 11.3 Å². The summed E-state index contributed by atoms with van der Waals surface area (Å²) in [6, 6.07) is 8.70. The van der Waals surface area contributed by atoms with Crippen molar-refractivity contribution in [1.82, 2.24) is 9.97 Å². The van der Waals surface area contributed by atoms with Crippen molar-refractivity contribution in [2.24, 2.45) is 5.73 Å². The Balaban J connectivity index is 1.74. The minimum absolute atomic E-state index is 0.216. The van der Waals surface area contributed by atoms with E-state index in [-0.39, 0.29) is 11.9 Å². The summed E-state index contributed by atoms with van der Waals surface area (Å²) in [6.07, 6.45) is 3.31. The molecule has 1 aliphatic heterocycles. The fourth-order valence-corrected chi connectivity index (χ4v) is 2.90. The molecule has 1 aromatic carbocycles. The SMILES string of the molecule is N[C@H]1CCN(c2cc(-c3ccc(F)cc3)nc(C3CC3)n2)C1. The van der Waals surface area contributed by atoms with E-state index >= 15 is 0 Å². The van der Waals surface area contributed by atoms with E-state index in [0.29, 0.717) is 5.92 Å². The minimum atomic E-state index is -0.231. The van der Waals surface area contributed by atoms with Gasteiger partial charge in [0.05, 0.1) is 5.69 Å². The van der Waals surface area contributed by atoms with Crippen molar-refractivity contribution in [3.63, 3.8) is 0 Å². The number of rotatable bonds is 3. The number of benzene rings is 1. The van der Waals surface area contributed by atoms with Gasteiger partial charge in [0.15, 0.2) is 0 Å². The summed E-state index contributed by atoms with van der Waals surface area (Å²) in [5, 5.41) is 0. The van der Waals surface area contributed by atoms with E-state index in [2.05, 4.69) is 4.90 Å². The van der Waals surface area contributed by atoms with Gasteiger partial charge in [-0.25, -0.2) is 14.4 Å². The van der Waals surface area contributed by atoms with Gasteiger partial charge in [0.1, 0.15) is 17.5 Å². The summed E-state index contributed by atoms with van der Waals surface area (Å²) < 4.78 is 13.1. The predicted molar refractivity (Wildman–Crippen MR) is 84.2 cm³/mol. The zero-order valence-electron chi connectivity index (χ0n) is 12.4. The lowest BCUT2D eigenvalue weighted by molar-refractivity contribution is 0.628. The molecule has 1 saturated heterocycles. The molecule has 0 amide bonds. The monoisotopic (exact) mass is 298 g/mol. The molecule has 1 aromatic heterocycles. The molecule has 114 valence electrons. The second-order valence-electron chi connectivity index (χ2n) is 6.25. The van der Waals surface area contributed by atoms with Crippen molar-refractivity contribution in [1.29, 1.82) is 0 Å². The Hall–Kier alpha value is -2.01. The van der Waals surface area contributed by atoms with Crippen LogP contribution >= 0.6 is 0 Å². The minimum Gasteiger partial charge on any atom is -0.355 e. The van der Waals surface area contributed by atoms with E-state index in [1.165, 1.54) is 12.1 Å². The van der Waals surface area contributed by atoms with Gasteiger partial charge in [-0.15, -0.1) is 0 Å². The zero-order chi connectivity index (χ0) is 15.1. The Kier molecular flexibility index (Phi) is 3.30. The number of halogens is 1. The molecule has 5 heteroatoms. The van der Waals surface area contributed by atoms with Gasteiger partial charge in [-0.2, -0.15) is 0 Å². The Morgan fingerprint density at radius 3 is 2.50 bits per heavy atom. The predicted octanol–water partition coefficient (Wildman–Crippen LogP) is 2.70. The largest absolute Gasteiger partial charge is 0.355 e. The van der Waals surface area contributed by atoms with E-state index in [1.807, 2.05) is 6.07 Å². The van der Waals surface area contributed by atoms with Crippen molar-refractivity contribution in [2.45, 2.75) is 31.2 Å². The summed E-state index contributed by atoms with van der Waals surface area (Å²) in [5.41, 5.74) is 7.81. The number of nitrogens with zero attached hydrogens (tertiary/aromatic N) is 3. The summed E-state index contributed by atoms with van der Waals surface area (Å²) in [4.78, 5) is 11.7. The molecule has 2 N–H and O–H groups in total. The molecular formula is C17H19FN4. The second kappa shape index (κ2) is 5.32. The van der Waals surface area contributed by atoms with Crippen LogP contribution in [-0.2, 0) is 0 Å². The molecule has 0 unspecified atom stereocenters. The third kappa shape index (κ3) is 2.68. The second-order valence-corrected chi connectivity index (χ2v) is 6.25. The highest BCUT2D eigenvalue weighted by atomic mass is 19.1. The van der Waals surface area contributed by atoms with Crippen molar-refractivity contribution < 1.29 is 4.39 Å². The number of nitrogens with two attached hydrogens (primary N) is 1. The molecule has 2 fully saturated rings.